The van der Waals surface area contributed by atoms with Crippen LogP contribution in [0.5, 0.6) is 0 Å². The van der Waals surface area contributed by atoms with Crippen LogP contribution in [0.1, 0.15) is 20.8 Å². The average molecular weight is 183 g/mol. The normalized spacial score (nSPS) is 26.5. The molecule has 2 N–H and O–H groups in total. The zero-order chi connectivity index (χ0) is 10.1. The molecule has 0 saturated heterocycles. The first-order chi connectivity index (χ1) is 5.83. The van der Waals surface area contributed by atoms with Gasteiger partial charge in [-0.2, -0.15) is 5.11 Å². The number of nitrogens with zero attached hydrogens (tertiary/aromatic N) is 2. The lowest BCUT2D eigenvalue weighted by Gasteiger charge is -2.23. The van der Waals surface area contributed by atoms with Crippen molar-refractivity contribution in [2.75, 3.05) is 0 Å². The lowest BCUT2D eigenvalue weighted by atomic mass is 9.97. The lowest BCUT2D eigenvalue weighted by molar-refractivity contribution is -0.163. The largest absolute Gasteiger partial charge is 0.417 e. The maximum absolute atomic E-state index is 11.4. The van der Waals surface area contributed by atoms with Gasteiger partial charge in [0.1, 0.15) is 0 Å². The Bertz CT molecular complexity index is 264. The molecule has 1 heterocycles. The van der Waals surface area contributed by atoms with Crippen molar-refractivity contribution in [1.29, 1.82) is 0 Å². The smallest absolute Gasteiger partial charge is 0.314 e. The third-order valence-corrected chi connectivity index (χ3v) is 1.46. The highest BCUT2D eigenvalue weighted by atomic mass is 16.6. The summed E-state index contributed by atoms with van der Waals surface area (Å²) in [7, 11) is 0. The van der Waals surface area contributed by atoms with Crippen molar-refractivity contribution in [2.24, 2.45) is 21.4 Å². The van der Waals surface area contributed by atoms with E-state index in [1.165, 1.54) is 12.3 Å². The Labute approximate surface area is 76.7 Å². The molecule has 13 heavy (non-hydrogen) atoms. The fraction of sp³-hybridized carbons (Fsp3) is 0.625. The summed E-state index contributed by atoms with van der Waals surface area (Å²) in [6.45, 7) is 5.23. The molecule has 1 aliphatic rings. The lowest BCUT2D eigenvalue weighted by Crippen LogP contribution is -2.42. The zero-order valence-electron chi connectivity index (χ0n) is 7.94. The van der Waals surface area contributed by atoms with Gasteiger partial charge in [-0.25, -0.2) is 0 Å². The molecule has 5 nitrogen and oxygen atoms in total. The number of hydrogen-bond donors (Lipinski definition) is 1. The average Bonchev–Trinajstić information content (AvgIpc) is 2.33. The van der Waals surface area contributed by atoms with E-state index in [0.29, 0.717) is 0 Å². The van der Waals surface area contributed by atoms with Crippen molar-refractivity contribution in [3.8, 4) is 0 Å². The number of esters is 1. The summed E-state index contributed by atoms with van der Waals surface area (Å²) in [5.74, 6) is -1.80. The molecule has 5 heteroatoms. The monoisotopic (exact) mass is 183 g/mol. The topological polar surface area (TPSA) is 77.0 Å². The number of hydrogen-bond acceptors (Lipinski definition) is 5. The minimum atomic E-state index is -1.40. The van der Waals surface area contributed by atoms with Crippen LogP contribution in [0, 0.1) is 5.41 Å². The molecular formula is C8H13N3O2. The molecule has 0 fully saturated rings. The van der Waals surface area contributed by atoms with Gasteiger partial charge in [0.25, 0.3) is 5.85 Å². The van der Waals surface area contributed by atoms with Gasteiger partial charge >= 0.3 is 5.97 Å². The maximum atomic E-state index is 11.4. The van der Waals surface area contributed by atoms with E-state index < -0.39 is 17.2 Å². The predicted molar refractivity (Wildman–Crippen MR) is 46.5 cm³/mol. The summed E-state index contributed by atoms with van der Waals surface area (Å²) < 4.78 is 4.95. The van der Waals surface area contributed by atoms with Gasteiger partial charge in [0.05, 0.1) is 11.6 Å². The van der Waals surface area contributed by atoms with Crippen molar-refractivity contribution in [3.05, 3.63) is 12.3 Å². The van der Waals surface area contributed by atoms with E-state index in [1.807, 2.05) is 0 Å². The summed E-state index contributed by atoms with van der Waals surface area (Å²) in [5.41, 5.74) is 4.98. The van der Waals surface area contributed by atoms with Crippen LogP contribution in [0.3, 0.4) is 0 Å². The quantitative estimate of drug-likeness (QED) is 0.489. The van der Waals surface area contributed by atoms with E-state index >= 15 is 0 Å². The number of ether oxygens (including phenoxy) is 1. The molecule has 72 valence electrons. The van der Waals surface area contributed by atoms with Gasteiger partial charge in [-0.05, 0) is 20.8 Å². The second kappa shape index (κ2) is 2.92. The van der Waals surface area contributed by atoms with Gasteiger partial charge in [0.15, 0.2) is 0 Å². The number of azo groups is 1. The van der Waals surface area contributed by atoms with Crippen LogP contribution in [0.2, 0.25) is 0 Å². The molecule has 0 aromatic heterocycles. The third kappa shape index (κ3) is 2.35. The van der Waals surface area contributed by atoms with Gasteiger partial charge < -0.3 is 4.74 Å². The molecule has 1 unspecified atom stereocenters. The van der Waals surface area contributed by atoms with Crippen molar-refractivity contribution in [2.45, 2.75) is 26.6 Å². The van der Waals surface area contributed by atoms with Crippen LogP contribution in [0.15, 0.2) is 22.5 Å². The first-order valence-corrected chi connectivity index (χ1v) is 3.95. The SMILES string of the molecule is CC(C)(C)C(=O)OC1(N)C=CN=N1. The Morgan fingerprint density at radius 1 is 1.54 bits per heavy atom. The summed E-state index contributed by atoms with van der Waals surface area (Å²) in [6.07, 6.45) is 2.83. The van der Waals surface area contributed by atoms with Crippen molar-refractivity contribution >= 4 is 5.97 Å². The summed E-state index contributed by atoms with van der Waals surface area (Å²) in [4.78, 5) is 11.4. The molecule has 0 aliphatic carbocycles. The molecule has 1 rings (SSSR count). The highest BCUT2D eigenvalue weighted by molar-refractivity contribution is 5.76. The Balaban J connectivity index is 2.65. The van der Waals surface area contributed by atoms with Gasteiger partial charge in [0, 0.05) is 6.08 Å². The standard InChI is InChI=1S/C8H13N3O2/c1-7(2,3)6(12)13-8(9)4-5-10-11-8/h4-5H,9H2,1-3H3. The van der Waals surface area contributed by atoms with Crippen molar-refractivity contribution < 1.29 is 9.53 Å². The molecule has 0 spiro atoms. The molecule has 0 radical (unpaired) electrons. The van der Waals surface area contributed by atoms with E-state index in [0.717, 1.165) is 0 Å². The molecule has 0 aromatic rings. The fourth-order valence-corrected chi connectivity index (χ4v) is 0.653. The van der Waals surface area contributed by atoms with Gasteiger partial charge in [-0.15, -0.1) is 5.11 Å². The maximum Gasteiger partial charge on any atom is 0.314 e. The van der Waals surface area contributed by atoms with Gasteiger partial charge in [0.2, 0.25) is 0 Å². The Morgan fingerprint density at radius 2 is 2.15 bits per heavy atom. The van der Waals surface area contributed by atoms with Crippen LogP contribution < -0.4 is 5.73 Å². The second-order valence-corrected chi connectivity index (χ2v) is 3.92. The third-order valence-electron chi connectivity index (χ3n) is 1.46. The van der Waals surface area contributed by atoms with Crippen LogP contribution in [-0.4, -0.2) is 11.8 Å². The fourth-order valence-electron chi connectivity index (χ4n) is 0.653. The first-order valence-electron chi connectivity index (χ1n) is 3.95. The van der Waals surface area contributed by atoms with E-state index in [1.54, 1.807) is 20.8 Å². The second-order valence-electron chi connectivity index (χ2n) is 3.92. The Kier molecular flexibility index (Phi) is 2.21. The molecule has 1 aliphatic heterocycles. The highest BCUT2D eigenvalue weighted by Gasteiger charge is 2.34. The van der Waals surface area contributed by atoms with Gasteiger partial charge in [-0.3, -0.25) is 10.5 Å². The molecular weight excluding hydrogens is 170 g/mol. The van der Waals surface area contributed by atoms with Crippen LogP contribution >= 0.6 is 0 Å². The van der Waals surface area contributed by atoms with E-state index in [4.69, 9.17) is 10.5 Å². The Morgan fingerprint density at radius 3 is 2.54 bits per heavy atom. The zero-order valence-corrected chi connectivity index (χ0v) is 7.94. The van der Waals surface area contributed by atoms with E-state index in [9.17, 15) is 4.79 Å². The highest BCUT2D eigenvalue weighted by Crippen LogP contribution is 2.22. The van der Waals surface area contributed by atoms with Crippen LogP contribution in [0.25, 0.3) is 0 Å². The molecule has 1 atom stereocenters. The minimum absolute atomic E-state index is 0.402. The molecule has 0 saturated carbocycles. The summed E-state index contributed by atoms with van der Waals surface area (Å²) >= 11 is 0. The number of carbonyl (C=O) groups is 1. The molecule has 0 aromatic carbocycles. The van der Waals surface area contributed by atoms with E-state index in [-0.39, 0.29) is 0 Å². The number of nitrogens with two attached hydrogens (primary N) is 1. The van der Waals surface area contributed by atoms with Crippen molar-refractivity contribution in [1.82, 2.24) is 0 Å². The molecule has 0 bridgehead atoms. The van der Waals surface area contributed by atoms with Crippen LogP contribution in [0.4, 0.5) is 0 Å². The summed E-state index contributed by atoms with van der Waals surface area (Å²) in [5, 5.41) is 7.08. The molecule has 0 amide bonds. The van der Waals surface area contributed by atoms with Crippen molar-refractivity contribution in [3.63, 3.8) is 0 Å². The predicted octanol–water partition coefficient (Wildman–Crippen LogP) is 1.17. The van der Waals surface area contributed by atoms with Gasteiger partial charge in [-0.1, -0.05) is 0 Å². The number of rotatable bonds is 1. The first kappa shape index (κ1) is 9.85. The van der Waals surface area contributed by atoms with Crippen LogP contribution in [-0.2, 0) is 9.53 Å². The van der Waals surface area contributed by atoms with E-state index in [2.05, 4.69) is 10.2 Å². The number of carbonyl (C=O) groups excluding carboxylic acids is 1. The minimum Gasteiger partial charge on any atom is -0.417 e. The summed E-state index contributed by atoms with van der Waals surface area (Å²) in [6, 6.07) is 0. The Hall–Kier alpha value is -1.23.